The second-order valence-corrected chi connectivity index (χ2v) is 6.53. The van der Waals surface area contributed by atoms with Crippen molar-refractivity contribution in [3.63, 3.8) is 0 Å². The minimum atomic E-state index is -0.535. The quantitative estimate of drug-likeness (QED) is 0.715. The minimum Gasteiger partial charge on any atom is -0.491 e. The smallest absolute Gasteiger partial charge is 0.234 e. The van der Waals surface area contributed by atoms with E-state index in [9.17, 15) is 9.90 Å². The van der Waals surface area contributed by atoms with Crippen molar-refractivity contribution in [2.45, 2.75) is 24.8 Å². The number of ether oxygens (including phenoxy) is 1. The summed E-state index contributed by atoms with van der Waals surface area (Å²) in [5.41, 5.74) is 0.822. The third-order valence-corrected chi connectivity index (χ3v) is 4.02. The van der Waals surface area contributed by atoms with Crippen LogP contribution in [0.3, 0.4) is 0 Å². The molecule has 1 heterocycles. The molecule has 0 aliphatic carbocycles. The number of aliphatic hydroxyl groups excluding tert-OH is 1. The van der Waals surface area contributed by atoms with Gasteiger partial charge in [-0.15, -0.1) is 11.8 Å². The molecule has 0 fully saturated rings. The Hall–Kier alpha value is -1.24. The van der Waals surface area contributed by atoms with E-state index in [4.69, 9.17) is 4.74 Å². The van der Waals surface area contributed by atoms with Crippen LogP contribution in [0.4, 0.5) is 5.69 Å². The van der Waals surface area contributed by atoms with Gasteiger partial charge in [-0.3, -0.25) is 4.79 Å². The highest BCUT2D eigenvalue weighted by molar-refractivity contribution is 8.00. The number of fused-ring (bicyclic) bond motifs is 1. The molecule has 0 spiro atoms. The summed E-state index contributed by atoms with van der Waals surface area (Å²) in [6.07, 6.45) is -0.535. The van der Waals surface area contributed by atoms with Gasteiger partial charge in [-0.1, -0.05) is 13.8 Å². The number of rotatable bonds is 7. The Kier molecular flexibility index (Phi) is 5.90. The third-order valence-electron chi connectivity index (χ3n) is 2.96. The Morgan fingerprint density at radius 1 is 1.43 bits per heavy atom. The van der Waals surface area contributed by atoms with Gasteiger partial charge in [-0.2, -0.15) is 0 Å². The summed E-state index contributed by atoms with van der Waals surface area (Å²) in [5, 5.41) is 15.9. The number of hydrogen-bond donors (Lipinski definition) is 3. The van der Waals surface area contributed by atoms with Gasteiger partial charge in [0.25, 0.3) is 0 Å². The van der Waals surface area contributed by atoms with Crippen LogP contribution in [0.5, 0.6) is 5.75 Å². The van der Waals surface area contributed by atoms with Gasteiger partial charge in [0.2, 0.25) is 5.91 Å². The van der Waals surface area contributed by atoms with E-state index >= 15 is 0 Å². The van der Waals surface area contributed by atoms with Crippen LogP contribution in [0.15, 0.2) is 23.1 Å². The van der Waals surface area contributed by atoms with Gasteiger partial charge >= 0.3 is 0 Å². The highest BCUT2D eigenvalue weighted by atomic mass is 32.2. The molecule has 0 saturated heterocycles. The van der Waals surface area contributed by atoms with Gasteiger partial charge < -0.3 is 20.5 Å². The maximum atomic E-state index is 11.3. The Bertz CT molecular complexity index is 494. The zero-order chi connectivity index (χ0) is 15.2. The lowest BCUT2D eigenvalue weighted by Crippen LogP contribution is -2.33. The second-order valence-electron chi connectivity index (χ2n) is 5.51. The van der Waals surface area contributed by atoms with E-state index in [1.807, 2.05) is 12.1 Å². The summed E-state index contributed by atoms with van der Waals surface area (Å²) in [7, 11) is 0. The van der Waals surface area contributed by atoms with Crippen LogP contribution in [-0.4, -0.2) is 42.6 Å². The predicted molar refractivity (Wildman–Crippen MR) is 85.0 cm³/mol. The first-order valence-corrected chi connectivity index (χ1v) is 8.11. The molecule has 1 aliphatic rings. The van der Waals surface area contributed by atoms with Crippen LogP contribution < -0.4 is 15.4 Å². The molecule has 2 rings (SSSR count). The monoisotopic (exact) mass is 310 g/mol. The number of benzene rings is 1. The van der Waals surface area contributed by atoms with Crippen molar-refractivity contribution in [3.8, 4) is 5.75 Å². The molecule has 116 valence electrons. The van der Waals surface area contributed by atoms with Crippen LogP contribution in [0.2, 0.25) is 0 Å². The van der Waals surface area contributed by atoms with Crippen molar-refractivity contribution < 1.29 is 14.6 Å². The number of nitrogens with one attached hydrogen (secondary N) is 2. The normalized spacial score (nSPS) is 15.5. The Labute approximate surface area is 129 Å². The van der Waals surface area contributed by atoms with E-state index in [1.54, 1.807) is 6.07 Å². The second kappa shape index (κ2) is 7.68. The van der Waals surface area contributed by atoms with Crippen molar-refractivity contribution in [1.29, 1.82) is 0 Å². The summed E-state index contributed by atoms with van der Waals surface area (Å²) < 4.78 is 5.60. The van der Waals surface area contributed by atoms with Gasteiger partial charge in [0, 0.05) is 11.4 Å². The van der Waals surface area contributed by atoms with Crippen LogP contribution in [0, 0.1) is 5.92 Å². The van der Waals surface area contributed by atoms with Gasteiger partial charge in [-0.25, -0.2) is 0 Å². The fourth-order valence-corrected chi connectivity index (χ4v) is 2.77. The number of amides is 1. The highest BCUT2D eigenvalue weighted by Crippen LogP contribution is 2.34. The van der Waals surface area contributed by atoms with Gasteiger partial charge in [0.1, 0.15) is 18.5 Å². The van der Waals surface area contributed by atoms with E-state index in [0.717, 1.165) is 17.1 Å². The number of carbonyl (C=O) groups is 1. The molecule has 0 radical (unpaired) electrons. The molecule has 1 amide bonds. The molecule has 0 bridgehead atoms. The molecule has 1 atom stereocenters. The molecule has 3 N–H and O–H groups in total. The summed E-state index contributed by atoms with van der Waals surface area (Å²) in [6.45, 7) is 5.90. The Morgan fingerprint density at radius 3 is 3.00 bits per heavy atom. The molecule has 1 aliphatic heterocycles. The lowest BCUT2D eigenvalue weighted by Gasteiger charge is -2.18. The van der Waals surface area contributed by atoms with Gasteiger partial charge in [0.15, 0.2) is 0 Å². The average Bonchev–Trinajstić information content (AvgIpc) is 2.44. The van der Waals surface area contributed by atoms with E-state index in [1.165, 1.54) is 11.8 Å². The summed E-state index contributed by atoms with van der Waals surface area (Å²) >= 11 is 1.50. The molecule has 0 saturated carbocycles. The lowest BCUT2D eigenvalue weighted by atomic mass is 10.2. The fourth-order valence-electron chi connectivity index (χ4n) is 1.93. The zero-order valence-electron chi connectivity index (χ0n) is 12.4. The largest absolute Gasteiger partial charge is 0.491 e. The van der Waals surface area contributed by atoms with Crippen molar-refractivity contribution in [3.05, 3.63) is 18.2 Å². The van der Waals surface area contributed by atoms with Gasteiger partial charge in [-0.05, 0) is 30.7 Å². The molecule has 5 nitrogen and oxygen atoms in total. The van der Waals surface area contributed by atoms with Gasteiger partial charge in [0.05, 0.1) is 11.4 Å². The van der Waals surface area contributed by atoms with Crippen molar-refractivity contribution in [1.82, 2.24) is 5.32 Å². The standard InChI is InChI=1S/C15H22N2O3S/c1-10(2)6-16-7-11(18)8-20-12-3-4-13-14(5-12)21-9-15(19)17-13/h3-5,10-11,16,18H,6-9H2,1-2H3,(H,17,19). The Balaban J connectivity index is 1.79. The third kappa shape index (κ3) is 5.22. The Morgan fingerprint density at radius 2 is 2.24 bits per heavy atom. The van der Waals surface area contributed by atoms with Crippen LogP contribution in [-0.2, 0) is 4.79 Å². The van der Waals surface area contributed by atoms with Crippen molar-refractivity contribution in [2.24, 2.45) is 5.92 Å². The van der Waals surface area contributed by atoms with Crippen LogP contribution in [0.25, 0.3) is 0 Å². The molecule has 6 heteroatoms. The lowest BCUT2D eigenvalue weighted by molar-refractivity contribution is -0.113. The minimum absolute atomic E-state index is 0.0211. The van der Waals surface area contributed by atoms with Crippen LogP contribution >= 0.6 is 11.8 Å². The molecular formula is C15H22N2O3S. The zero-order valence-corrected chi connectivity index (χ0v) is 13.2. The topological polar surface area (TPSA) is 70.6 Å². The van der Waals surface area contributed by atoms with Crippen molar-refractivity contribution in [2.75, 3.05) is 30.8 Å². The SMILES string of the molecule is CC(C)CNCC(O)COc1ccc2c(c1)SCC(=O)N2. The number of thioether (sulfide) groups is 1. The number of carbonyl (C=O) groups excluding carboxylic acids is 1. The summed E-state index contributed by atoms with van der Waals surface area (Å²) in [6, 6.07) is 5.53. The van der Waals surface area contributed by atoms with E-state index < -0.39 is 6.10 Å². The van der Waals surface area contributed by atoms with E-state index in [2.05, 4.69) is 24.5 Å². The fraction of sp³-hybridized carbons (Fsp3) is 0.533. The summed E-state index contributed by atoms with van der Waals surface area (Å²) in [4.78, 5) is 12.3. The maximum absolute atomic E-state index is 11.3. The molecule has 1 aromatic carbocycles. The highest BCUT2D eigenvalue weighted by Gasteiger charge is 2.16. The molecular weight excluding hydrogens is 288 g/mol. The maximum Gasteiger partial charge on any atom is 0.234 e. The molecule has 1 unspecified atom stereocenters. The number of anilines is 1. The number of hydrogen-bond acceptors (Lipinski definition) is 5. The first-order valence-electron chi connectivity index (χ1n) is 7.13. The van der Waals surface area contributed by atoms with Crippen LogP contribution in [0.1, 0.15) is 13.8 Å². The number of aliphatic hydroxyl groups is 1. The van der Waals surface area contributed by atoms with Crippen molar-refractivity contribution >= 4 is 23.4 Å². The average molecular weight is 310 g/mol. The van der Waals surface area contributed by atoms with E-state index in [0.29, 0.717) is 24.0 Å². The molecule has 1 aromatic rings. The summed E-state index contributed by atoms with van der Waals surface area (Å²) in [5.74, 6) is 1.72. The molecule has 0 aromatic heterocycles. The molecule has 21 heavy (non-hydrogen) atoms. The predicted octanol–water partition coefficient (Wildman–Crippen LogP) is 1.72. The first-order chi connectivity index (χ1) is 10.0. The first kappa shape index (κ1) is 16.1. The van der Waals surface area contributed by atoms with E-state index in [-0.39, 0.29) is 12.5 Å².